The van der Waals surface area contributed by atoms with Gasteiger partial charge < -0.3 is 0 Å². The molecular formula is C24H30. The van der Waals surface area contributed by atoms with Crippen molar-refractivity contribution in [2.24, 2.45) is 0 Å². The number of hydrogen-bond donors (Lipinski definition) is 0. The highest BCUT2D eigenvalue weighted by atomic mass is 14.3. The summed E-state index contributed by atoms with van der Waals surface area (Å²) in [6, 6.07) is 11.7. The first-order valence-corrected chi connectivity index (χ1v) is 9.24. The molecule has 24 heavy (non-hydrogen) atoms. The van der Waals surface area contributed by atoms with E-state index in [9.17, 15) is 0 Å². The Morgan fingerprint density at radius 3 is 2.21 bits per heavy atom. The van der Waals surface area contributed by atoms with E-state index in [4.69, 9.17) is 0 Å². The predicted octanol–water partition coefficient (Wildman–Crippen LogP) is 7.01. The molecule has 0 aromatic heterocycles. The summed E-state index contributed by atoms with van der Waals surface area (Å²) in [7, 11) is 0. The van der Waals surface area contributed by atoms with Crippen LogP contribution in [0.25, 0.3) is 17.2 Å². The lowest BCUT2D eigenvalue weighted by Gasteiger charge is -2.25. The first-order chi connectivity index (χ1) is 11.3. The van der Waals surface area contributed by atoms with Crippen molar-refractivity contribution in [2.75, 3.05) is 0 Å². The van der Waals surface area contributed by atoms with Crippen LogP contribution in [0.3, 0.4) is 0 Å². The zero-order valence-electron chi connectivity index (χ0n) is 16.1. The van der Waals surface area contributed by atoms with Gasteiger partial charge in [-0.15, -0.1) is 0 Å². The van der Waals surface area contributed by atoms with E-state index in [1.54, 1.807) is 5.57 Å². The van der Waals surface area contributed by atoms with Crippen LogP contribution in [0.5, 0.6) is 0 Å². The summed E-state index contributed by atoms with van der Waals surface area (Å²) in [5.41, 5.74) is 11.7. The van der Waals surface area contributed by atoms with Gasteiger partial charge in [0.2, 0.25) is 0 Å². The van der Waals surface area contributed by atoms with Gasteiger partial charge in [0.25, 0.3) is 0 Å². The van der Waals surface area contributed by atoms with Crippen LogP contribution in [0.1, 0.15) is 68.4 Å². The molecule has 1 aliphatic carbocycles. The molecule has 0 aliphatic heterocycles. The third kappa shape index (κ3) is 3.20. The van der Waals surface area contributed by atoms with Crippen LogP contribution in [0.2, 0.25) is 0 Å². The molecule has 0 N–H and O–H groups in total. The number of benzene rings is 2. The second-order valence-corrected chi connectivity index (χ2v) is 8.42. The van der Waals surface area contributed by atoms with Crippen molar-refractivity contribution in [1.82, 2.24) is 0 Å². The van der Waals surface area contributed by atoms with Crippen molar-refractivity contribution in [3.63, 3.8) is 0 Å². The lowest BCUT2D eigenvalue weighted by Crippen LogP contribution is -2.14. The number of hydrogen-bond acceptors (Lipinski definition) is 0. The molecule has 2 aromatic carbocycles. The van der Waals surface area contributed by atoms with Crippen LogP contribution in [-0.2, 0) is 11.8 Å². The average Bonchev–Trinajstić information content (AvgIpc) is 2.86. The van der Waals surface area contributed by atoms with Crippen molar-refractivity contribution >= 4 is 6.08 Å². The molecule has 0 nitrogen and oxygen atoms in total. The molecule has 0 unspecified atom stereocenters. The van der Waals surface area contributed by atoms with E-state index >= 15 is 0 Å². The smallest absolute Gasteiger partial charge is 0.00576 e. The molecule has 3 rings (SSSR count). The van der Waals surface area contributed by atoms with E-state index in [2.05, 4.69) is 78.0 Å². The van der Waals surface area contributed by atoms with Gasteiger partial charge in [0, 0.05) is 0 Å². The number of aryl methyl sites for hydroxylation is 2. The highest BCUT2D eigenvalue weighted by molar-refractivity contribution is 5.84. The second-order valence-electron chi connectivity index (χ2n) is 8.42. The number of rotatable bonds is 3. The minimum absolute atomic E-state index is 0.142. The maximum atomic E-state index is 2.47. The van der Waals surface area contributed by atoms with Crippen molar-refractivity contribution in [3.8, 4) is 11.1 Å². The Kier molecular flexibility index (Phi) is 4.42. The molecule has 0 saturated carbocycles. The monoisotopic (exact) mass is 318 g/mol. The second kappa shape index (κ2) is 6.24. The van der Waals surface area contributed by atoms with Gasteiger partial charge in [-0.05, 0) is 59.9 Å². The topological polar surface area (TPSA) is 0 Å². The summed E-state index contributed by atoms with van der Waals surface area (Å²) < 4.78 is 0. The quantitative estimate of drug-likeness (QED) is 0.571. The summed E-state index contributed by atoms with van der Waals surface area (Å²) in [6.45, 7) is 13.7. The summed E-state index contributed by atoms with van der Waals surface area (Å²) in [5.74, 6) is 0. The summed E-state index contributed by atoms with van der Waals surface area (Å²) in [6.07, 6.45) is 6.04. The van der Waals surface area contributed by atoms with Crippen molar-refractivity contribution in [2.45, 2.75) is 66.2 Å². The molecule has 2 aromatic rings. The van der Waals surface area contributed by atoms with Gasteiger partial charge in [-0.3, -0.25) is 0 Å². The van der Waals surface area contributed by atoms with Crippen LogP contribution >= 0.6 is 0 Å². The minimum atomic E-state index is 0.142. The molecule has 0 bridgehead atoms. The Bertz CT molecular complexity index is 777. The Balaban J connectivity index is 2.28. The molecule has 0 heteroatoms. The zero-order chi connectivity index (χ0) is 17.5. The molecule has 126 valence electrons. The third-order valence-corrected chi connectivity index (χ3v) is 4.99. The van der Waals surface area contributed by atoms with Gasteiger partial charge in [0.1, 0.15) is 0 Å². The molecule has 0 heterocycles. The highest BCUT2D eigenvalue weighted by Gasteiger charge is 2.25. The fraction of sp³-hybridized carbons (Fsp3) is 0.417. The van der Waals surface area contributed by atoms with Crippen molar-refractivity contribution < 1.29 is 0 Å². The fourth-order valence-corrected chi connectivity index (χ4v) is 4.02. The molecule has 0 saturated heterocycles. The molecule has 1 aliphatic rings. The molecule has 0 spiro atoms. The van der Waals surface area contributed by atoms with Crippen LogP contribution in [0.4, 0.5) is 0 Å². The minimum Gasteiger partial charge on any atom is -0.0652 e. The van der Waals surface area contributed by atoms with Gasteiger partial charge in [0.05, 0.1) is 0 Å². The van der Waals surface area contributed by atoms with Crippen molar-refractivity contribution in [3.05, 3.63) is 63.7 Å². The Labute approximate surface area is 147 Å². The Morgan fingerprint density at radius 1 is 0.958 bits per heavy atom. The molecular weight excluding hydrogens is 288 g/mol. The third-order valence-electron chi connectivity index (χ3n) is 4.99. The molecule has 0 amide bonds. The largest absolute Gasteiger partial charge is 0.0652 e. The highest BCUT2D eigenvalue weighted by Crippen LogP contribution is 2.42. The van der Waals surface area contributed by atoms with E-state index in [0.717, 1.165) is 6.42 Å². The SMILES string of the molecule is CCCC1=Cc2c(ccc(C(C)(C)C)c2-c2cc(C)cc(C)c2)C1. The Hall–Kier alpha value is -1.82. The predicted molar refractivity (Wildman–Crippen MR) is 107 cm³/mol. The average molecular weight is 319 g/mol. The van der Waals surface area contributed by atoms with Crippen LogP contribution in [-0.4, -0.2) is 0 Å². The van der Waals surface area contributed by atoms with Gasteiger partial charge in [0.15, 0.2) is 0 Å². The normalized spacial score (nSPS) is 13.8. The summed E-state index contributed by atoms with van der Waals surface area (Å²) >= 11 is 0. The number of fused-ring (bicyclic) bond motifs is 1. The maximum absolute atomic E-state index is 2.47. The van der Waals surface area contributed by atoms with Crippen LogP contribution < -0.4 is 0 Å². The molecule has 0 atom stereocenters. The fourth-order valence-electron chi connectivity index (χ4n) is 4.02. The maximum Gasteiger partial charge on any atom is -0.00576 e. The van der Waals surface area contributed by atoms with Gasteiger partial charge >= 0.3 is 0 Å². The molecule has 0 fully saturated rings. The van der Waals surface area contributed by atoms with Gasteiger partial charge in [-0.2, -0.15) is 0 Å². The van der Waals surface area contributed by atoms with E-state index in [1.807, 2.05) is 0 Å². The molecule has 0 radical (unpaired) electrons. The lowest BCUT2D eigenvalue weighted by atomic mass is 9.79. The van der Waals surface area contributed by atoms with E-state index in [-0.39, 0.29) is 5.41 Å². The number of allylic oxidation sites excluding steroid dienone is 1. The Morgan fingerprint density at radius 2 is 1.62 bits per heavy atom. The van der Waals surface area contributed by atoms with E-state index in [1.165, 1.54) is 51.8 Å². The first-order valence-electron chi connectivity index (χ1n) is 9.24. The lowest BCUT2D eigenvalue weighted by molar-refractivity contribution is 0.591. The van der Waals surface area contributed by atoms with Crippen LogP contribution in [0.15, 0.2) is 35.9 Å². The summed E-state index contributed by atoms with van der Waals surface area (Å²) in [5, 5.41) is 0. The first kappa shape index (κ1) is 17.0. The van der Waals surface area contributed by atoms with Gasteiger partial charge in [-0.1, -0.05) is 87.2 Å². The van der Waals surface area contributed by atoms with E-state index in [0.29, 0.717) is 0 Å². The van der Waals surface area contributed by atoms with Crippen molar-refractivity contribution in [1.29, 1.82) is 0 Å². The zero-order valence-corrected chi connectivity index (χ0v) is 16.1. The van der Waals surface area contributed by atoms with E-state index < -0.39 is 0 Å². The van der Waals surface area contributed by atoms with Gasteiger partial charge in [-0.25, -0.2) is 0 Å². The standard InChI is InChI=1S/C24H30/c1-7-8-18-14-19-9-10-22(24(4,5)6)23(21(19)15-18)20-12-16(2)11-17(3)13-20/h9-13,15H,7-8,14H2,1-6H3. The van der Waals surface area contributed by atoms with Crippen LogP contribution in [0, 0.1) is 13.8 Å². The summed E-state index contributed by atoms with van der Waals surface area (Å²) in [4.78, 5) is 0.